The lowest BCUT2D eigenvalue weighted by Crippen LogP contribution is -2.28. The first kappa shape index (κ1) is 79.2. The average Bonchev–Trinajstić information content (AvgIpc) is 1.51. The molecule has 0 aliphatic heterocycles. The molecule has 21 aromatic carbocycles. The third-order valence-electron chi connectivity index (χ3n) is 29.7. The standard InChI is InChI=1S/2C43H26BrN.C43H28BrN/c44-29-11-9-10-27(24-29)28-20-22-36-35-15-4-8-19-41(35)45(42(36)25-28)30-21-23-34-33-14-3-7-18-39(33)43(40(34)26-30)37-16-5-1-12-31(37)32-13-2-6-17-38(32)43;44-29-11-9-10-27(24-29)28-20-22-35-34-15-4-8-19-41(34)45(42(35)25-28)30-21-23-40-36(26-30)33-14-3-7-18-39(33)43(40)37-16-5-1-12-31(37)32-13-2-6-17-38(32)43;44-33-17-11-12-29(26-33)30-22-24-37-36-19-8-10-21-41(36)45(42(37)27-30)34-23-25-40-38(28-34)35-18-7-9-20-39(35)43(40,31-13-3-1-4-14-31)32-15-5-2-6-16-32/h2*1-26H;1-28H. The normalized spacial score (nSPS) is 13.5. The van der Waals surface area contributed by atoms with Crippen molar-refractivity contribution in [2.45, 2.75) is 16.2 Å². The molecular formula is C129H80Br3N3. The Morgan fingerprint density at radius 3 is 0.726 bits per heavy atom. The van der Waals surface area contributed by atoms with Gasteiger partial charge in [-0.2, -0.15) is 0 Å². The van der Waals surface area contributed by atoms with Crippen LogP contribution in [0.25, 0.3) is 171 Å². The van der Waals surface area contributed by atoms with E-state index in [4.69, 9.17) is 0 Å². The largest absolute Gasteiger partial charge is 0.309 e. The van der Waals surface area contributed by atoms with Crippen LogP contribution in [0, 0.1) is 0 Å². The molecule has 24 aromatic rings. The number of aromatic nitrogens is 3. The molecule has 0 radical (unpaired) electrons. The van der Waals surface area contributed by atoms with Gasteiger partial charge in [-0.25, -0.2) is 0 Å². The summed E-state index contributed by atoms with van der Waals surface area (Å²) in [5.41, 5.74) is 46.2. The summed E-state index contributed by atoms with van der Waals surface area (Å²) in [5.74, 6) is 0. The Hall–Kier alpha value is -15.5. The quantitative estimate of drug-likeness (QED) is 0.144. The van der Waals surface area contributed by atoms with E-state index in [1.807, 2.05) is 0 Å². The smallest absolute Gasteiger partial charge is 0.0726 e. The zero-order chi connectivity index (χ0) is 89.4. The lowest BCUT2D eigenvalue weighted by atomic mass is 9.68. The molecule has 0 fully saturated rings. The minimum atomic E-state index is -0.401. The van der Waals surface area contributed by atoms with E-state index in [0.717, 1.165) is 19.1 Å². The molecule has 0 unspecified atom stereocenters. The second-order valence-corrected chi connectivity index (χ2v) is 39.0. The van der Waals surface area contributed by atoms with Gasteiger partial charge in [0.05, 0.1) is 49.3 Å². The van der Waals surface area contributed by atoms with Crippen molar-refractivity contribution < 1.29 is 0 Å². The van der Waals surface area contributed by atoms with E-state index in [1.165, 1.54) is 233 Å². The summed E-state index contributed by atoms with van der Waals surface area (Å²) in [6.45, 7) is 0. The molecule has 632 valence electrons. The Morgan fingerprint density at radius 1 is 0.141 bits per heavy atom. The van der Waals surface area contributed by atoms with Crippen molar-refractivity contribution in [1.82, 2.24) is 13.7 Å². The van der Waals surface area contributed by atoms with Crippen LogP contribution in [-0.4, -0.2) is 13.7 Å². The molecule has 0 saturated carbocycles. The topological polar surface area (TPSA) is 14.8 Å². The van der Waals surface area contributed by atoms with Crippen molar-refractivity contribution in [3.8, 4) is 106 Å². The summed E-state index contributed by atoms with van der Waals surface area (Å²) >= 11 is 11.0. The Balaban J connectivity index is 0.000000103. The van der Waals surface area contributed by atoms with Crippen LogP contribution >= 0.6 is 47.8 Å². The number of hydrogen-bond donors (Lipinski definition) is 0. The van der Waals surface area contributed by atoms with Crippen molar-refractivity contribution >= 4 is 113 Å². The molecule has 6 heteroatoms. The van der Waals surface area contributed by atoms with Crippen LogP contribution in [0.5, 0.6) is 0 Å². The molecule has 0 N–H and O–H groups in total. The number of para-hydroxylation sites is 3. The third-order valence-corrected chi connectivity index (χ3v) is 31.2. The number of hydrogen-bond acceptors (Lipinski definition) is 0. The lowest BCUT2D eigenvalue weighted by molar-refractivity contribution is 0.768. The van der Waals surface area contributed by atoms with Crippen LogP contribution in [0.2, 0.25) is 0 Å². The number of halogens is 3. The number of fused-ring (bicyclic) bond motifs is 32. The minimum Gasteiger partial charge on any atom is -0.309 e. The van der Waals surface area contributed by atoms with E-state index in [-0.39, 0.29) is 10.8 Å². The second kappa shape index (κ2) is 31.0. The first-order valence-electron chi connectivity index (χ1n) is 46.3. The van der Waals surface area contributed by atoms with Crippen molar-refractivity contribution in [3.63, 3.8) is 0 Å². The van der Waals surface area contributed by atoms with Crippen molar-refractivity contribution in [1.29, 1.82) is 0 Å². The van der Waals surface area contributed by atoms with E-state index in [1.54, 1.807) is 0 Å². The predicted molar refractivity (Wildman–Crippen MR) is 572 cm³/mol. The minimum absolute atomic E-state index is 0.327. The molecule has 3 heterocycles. The van der Waals surface area contributed by atoms with E-state index >= 15 is 0 Å². The van der Waals surface area contributed by atoms with Gasteiger partial charge in [-0.15, -0.1) is 0 Å². The fraction of sp³-hybridized carbons (Fsp3) is 0.0233. The molecule has 0 atom stereocenters. The summed E-state index contributed by atoms with van der Waals surface area (Å²) in [5, 5.41) is 7.58. The molecule has 0 amide bonds. The summed E-state index contributed by atoms with van der Waals surface area (Å²) < 4.78 is 10.6. The number of nitrogens with zero attached hydrogens (tertiary/aromatic N) is 3. The van der Waals surface area contributed by atoms with Crippen molar-refractivity contribution in [2.24, 2.45) is 0 Å². The fourth-order valence-corrected chi connectivity index (χ4v) is 25.5. The molecule has 3 aromatic heterocycles. The number of rotatable bonds is 8. The van der Waals surface area contributed by atoms with Crippen LogP contribution in [-0.2, 0) is 16.2 Å². The van der Waals surface area contributed by atoms with Gasteiger partial charge in [-0.1, -0.05) is 424 Å². The van der Waals surface area contributed by atoms with Gasteiger partial charge >= 0.3 is 0 Å². The first-order chi connectivity index (χ1) is 66.7. The Labute approximate surface area is 807 Å². The van der Waals surface area contributed by atoms with E-state index in [2.05, 4.69) is 547 Å². The highest BCUT2D eigenvalue weighted by Gasteiger charge is 2.54. The Kier molecular flexibility index (Phi) is 18.2. The van der Waals surface area contributed by atoms with Gasteiger partial charge in [0.2, 0.25) is 0 Å². The predicted octanol–water partition coefficient (Wildman–Crippen LogP) is 34.7. The zero-order valence-electron chi connectivity index (χ0n) is 73.2. The maximum Gasteiger partial charge on any atom is 0.0726 e. The first-order valence-corrected chi connectivity index (χ1v) is 48.7. The van der Waals surface area contributed by atoms with E-state index < -0.39 is 5.41 Å². The van der Waals surface area contributed by atoms with Gasteiger partial charge in [0, 0.05) is 62.8 Å². The molecule has 2 spiro atoms. The van der Waals surface area contributed by atoms with Gasteiger partial charge < -0.3 is 13.7 Å². The second-order valence-electron chi connectivity index (χ2n) is 36.3. The molecule has 0 bridgehead atoms. The maximum atomic E-state index is 3.68. The molecule has 5 aliphatic carbocycles. The lowest BCUT2D eigenvalue weighted by Gasteiger charge is -2.33. The van der Waals surface area contributed by atoms with Crippen LogP contribution in [0.15, 0.2) is 499 Å². The number of benzene rings is 21. The molecular weight excluding hydrogens is 1830 g/mol. The van der Waals surface area contributed by atoms with Gasteiger partial charge in [0.15, 0.2) is 0 Å². The van der Waals surface area contributed by atoms with Gasteiger partial charge in [0.25, 0.3) is 0 Å². The van der Waals surface area contributed by atoms with Crippen LogP contribution < -0.4 is 0 Å². The summed E-state index contributed by atoms with van der Waals surface area (Å²) in [6.07, 6.45) is 0. The van der Waals surface area contributed by atoms with E-state index in [9.17, 15) is 0 Å². The fourth-order valence-electron chi connectivity index (χ4n) is 24.3. The Morgan fingerprint density at radius 2 is 0.385 bits per heavy atom. The summed E-state index contributed by atoms with van der Waals surface area (Å²) in [7, 11) is 0. The highest BCUT2D eigenvalue weighted by Crippen LogP contribution is 2.66. The summed E-state index contributed by atoms with van der Waals surface area (Å²) in [6, 6.07) is 179. The van der Waals surface area contributed by atoms with Crippen molar-refractivity contribution in [3.05, 3.63) is 565 Å². The van der Waals surface area contributed by atoms with Crippen LogP contribution in [0.1, 0.15) is 66.8 Å². The monoisotopic (exact) mass is 1910 g/mol. The highest BCUT2D eigenvalue weighted by molar-refractivity contribution is 9.11. The molecule has 0 saturated heterocycles. The molecule has 29 rings (SSSR count). The molecule has 3 nitrogen and oxygen atoms in total. The van der Waals surface area contributed by atoms with Gasteiger partial charge in [-0.05, 0) is 265 Å². The zero-order valence-corrected chi connectivity index (χ0v) is 77.9. The molecule has 5 aliphatic rings. The van der Waals surface area contributed by atoms with Gasteiger partial charge in [-0.3, -0.25) is 0 Å². The molecule has 135 heavy (non-hydrogen) atoms. The third kappa shape index (κ3) is 11.7. The van der Waals surface area contributed by atoms with Gasteiger partial charge in [0.1, 0.15) is 0 Å². The van der Waals surface area contributed by atoms with Crippen LogP contribution in [0.4, 0.5) is 0 Å². The highest BCUT2D eigenvalue weighted by atomic mass is 79.9. The Bertz CT molecular complexity index is 8670. The maximum absolute atomic E-state index is 3.68. The van der Waals surface area contributed by atoms with Crippen molar-refractivity contribution in [2.75, 3.05) is 0 Å². The SMILES string of the molecule is Brc1cccc(-c2ccc3c4ccccc4n(-c4ccc5c(c4)-c4ccccc4C5(c4ccccc4)c4ccccc4)c3c2)c1.Brc1cccc(-c2ccc3c4ccccc4n(-c4ccc5c(c4)-c4ccccc4C54c5ccccc5-c5ccccc54)c3c2)c1.Brc1cccc(-c2ccc3c4ccccc4n(-c4ccc5c(c4)C4(c6ccccc6-c6ccccc64)c4ccccc4-5)c3c2)c1. The summed E-state index contributed by atoms with van der Waals surface area (Å²) in [4.78, 5) is 0. The average molecular weight is 1910 g/mol. The van der Waals surface area contributed by atoms with Crippen LogP contribution in [0.3, 0.4) is 0 Å². The van der Waals surface area contributed by atoms with E-state index in [0.29, 0.717) is 0 Å².